The molecule has 20 heavy (non-hydrogen) atoms. The molecule has 110 valence electrons. The van der Waals surface area contributed by atoms with Gasteiger partial charge in [0.25, 0.3) is 0 Å². The van der Waals surface area contributed by atoms with Crippen molar-refractivity contribution in [2.45, 2.75) is 39.2 Å². The van der Waals surface area contributed by atoms with Crippen molar-refractivity contribution in [3.8, 4) is 0 Å². The van der Waals surface area contributed by atoms with Crippen molar-refractivity contribution >= 4 is 17.5 Å². The summed E-state index contributed by atoms with van der Waals surface area (Å²) in [4.78, 5) is 22.3. The summed E-state index contributed by atoms with van der Waals surface area (Å²) in [5.74, 6) is -0.0136. The van der Waals surface area contributed by atoms with Crippen LogP contribution in [0.4, 0.5) is 5.69 Å². The van der Waals surface area contributed by atoms with Gasteiger partial charge in [0.1, 0.15) is 0 Å². The van der Waals surface area contributed by atoms with Crippen molar-refractivity contribution in [2.75, 3.05) is 5.32 Å². The van der Waals surface area contributed by atoms with Gasteiger partial charge in [-0.1, -0.05) is 26.0 Å². The molecule has 0 fully saturated rings. The number of amides is 2. The summed E-state index contributed by atoms with van der Waals surface area (Å²) in [5.41, 5.74) is 12.7. The first-order chi connectivity index (χ1) is 9.38. The Morgan fingerprint density at radius 1 is 1.20 bits per heavy atom. The van der Waals surface area contributed by atoms with E-state index in [2.05, 4.69) is 5.32 Å². The van der Waals surface area contributed by atoms with Crippen molar-refractivity contribution in [3.63, 3.8) is 0 Å². The third kappa shape index (κ3) is 5.84. The Hall–Kier alpha value is -1.88. The summed E-state index contributed by atoms with van der Waals surface area (Å²) in [7, 11) is 0. The second kappa shape index (κ2) is 7.65. The Balaban J connectivity index is 2.55. The third-order valence-electron chi connectivity index (χ3n) is 2.92. The minimum absolute atomic E-state index is 0.00535. The molecule has 0 aliphatic carbocycles. The first-order valence-electron chi connectivity index (χ1n) is 6.82. The molecule has 0 spiro atoms. The number of benzene rings is 1. The Morgan fingerprint density at radius 2 is 1.80 bits per heavy atom. The van der Waals surface area contributed by atoms with E-state index in [1.165, 1.54) is 0 Å². The molecule has 5 heteroatoms. The van der Waals surface area contributed by atoms with Gasteiger partial charge in [-0.05, 0) is 30.0 Å². The van der Waals surface area contributed by atoms with E-state index in [9.17, 15) is 9.59 Å². The van der Waals surface area contributed by atoms with E-state index in [0.717, 1.165) is 11.3 Å². The van der Waals surface area contributed by atoms with Crippen LogP contribution < -0.4 is 16.8 Å². The monoisotopic (exact) mass is 277 g/mol. The van der Waals surface area contributed by atoms with Gasteiger partial charge in [0.2, 0.25) is 11.8 Å². The van der Waals surface area contributed by atoms with Crippen LogP contribution in [0.15, 0.2) is 24.3 Å². The molecule has 0 aromatic heterocycles. The minimum atomic E-state index is -0.349. The van der Waals surface area contributed by atoms with Crippen molar-refractivity contribution in [1.82, 2.24) is 0 Å². The summed E-state index contributed by atoms with van der Waals surface area (Å²) in [6.45, 7) is 4.00. The average molecular weight is 277 g/mol. The molecule has 0 aliphatic heterocycles. The highest BCUT2D eigenvalue weighted by molar-refractivity contribution is 5.90. The Kier molecular flexibility index (Phi) is 6.18. The summed E-state index contributed by atoms with van der Waals surface area (Å²) in [6, 6.07) is 7.13. The number of carbonyl (C=O) groups excluding carboxylic acids is 2. The summed E-state index contributed by atoms with van der Waals surface area (Å²) < 4.78 is 0. The lowest BCUT2D eigenvalue weighted by molar-refractivity contribution is -0.118. The number of carbonyl (C=O) groups is 2. The van der Waals surface area contributed by atoms with Crippen molar-refractivity contribution in [1.29, 1.82) is 0 Å². The number of nitrogens with two attached hydrogens (primary N) is 2. The predicted octanol–water partition coefficient (Wildman–Crippen LogP) is 1.94. The molecular formula is C15H23N3O2. The molecule has 0 radical (unpaired) electrons. The van der Waals surface area contributed by atoms with Gasteiger partial charge in [-0.3, -0.25) is 9.59 Å². The van der Waals surface area contributed by atoms with E-state index in [1.54, 1.807) is 0 Å². The zero-order valence-corrected chi connectivity index (χ0v) is 12.1. The van der Waals surface area contributed by atoms with Crippen LogP contribution in [0.25, 0.3) is 0 Å². The van der Waals surface area contributed by atoms with Crippen LogP contribution in [0.1, 0.15) is 44.7 Å². The van der Waals surface area contributed by atoms with Gasteiger partial charge in [0.15, 0.2) is 0 Å². The normalized spacial score (nSPS) is 12.2. The van der Waals surface area contributed by atoms with Crippen molar-refractivity contribution < 1.29 is 9.59 Å². The SMILES string of the molecule is CC(C)CC(=O)Nc1ccc(C(N)CCC(N)=O)cc1. The van der Waals surface area contributed by atoms with Crippen LogP contribution in [0, 0.1) is 5.92 Å². The Morgan fingerprint density at radius 3 is 2.30 bits per heavy atom. The average Bonchev–Trinajstić information content (AvgIpc) is 2.35. The van der Waals surface area contributed by atoms with Gasteiger partial charge >= 0.3 is 0 Å². The van der Waals surface area contributed by atoms with E-state index < -0.39 is 0 Å². The quantitative estimate of drug-likeness (QED) is 0.710. The number of rotatable bonds is 7. The summed E-state index contributed by atoms with van der Waals surface area (Å²) in [5, 5.41) is 2.84. The molecule has 1 aromatic rings. The molecule has 0 heterocycles. The maximum absolute atomic E-state index is 11.6. The van der Waals surface area contributed by atoms with Gasteiger partial charge in [0, 0.05) is 24.6 Å². The number of hydrogen-bond donors (Lipinski definition) is 3. The highest BCUT2D eigenvalue weighted by atomic mass is 16.1. The lowest BCUT2D eigenvalue weighted by Gasteiger charge is -2.12. The minimum Gasteiger partial charge on any atom is -0.370 e. The maximum Gasteiger partial charge on any atom is 0.224 e. The van der Waals surface area contributed by atoms with Gasteiger partial charge in [-0.2, -0.15) is 0 Å². The van der Waals surface area contributed by atoms with E-state index in [0.29, 0.717) is 18.8 Å². The molecule has 1 unspecified atom stereocenters. The molecule has 1 aromatic carbocycles. The lowest BCUT2D eigenvalue weighted by atomic mass is 10.0. The second-order valence-corrected chi connectivity index (χ2v) is 5.38. The fourth-order valence-corrected chi connectivity index (χ4v) is 1.86. The molecule has 2 amide bonds. The highest BCUT2D eigenvalue weighted by Gasteiger charge is 2.09. The molecule has 5 N–H and O–H groups in total. The van der Waals surface area contributed by atoms with Crippen LogP contribution in [0.2, 0.25) is 0 Å². The van der Waals surface area contributed by atoms with Crippen molar-refractivity contribution in [2.24, 2.45) is 17.4 Å². The van der Waals surface area contributed by atoms with Gasteiger partial charge in [0.05, 0.1) is 0 Å². The molecule has 0 saturated carbocycles. The maximum atomic E-state index is 11.6. The molecule has 1 atom stereocenters. The lowest BCUT2D eigenvalue weighted by Crippen LogP contribution is -2.17. The van der Waals surface area contributed by atoms with Crippen LogP contribution in [0.5, 0.6) is 0 Å². The fraction of sp³-hybridized carbons (Fsp3) is 0.467. The van der Waals surface area contributed by atoms with E-state index in [1.807, 2.05) is 38.1 Å². The van der Waals surface area contributed by atoms with Crippen LogP contribution in [-0.2, 0) is 9.59 Å². The molecule has 0 aliphatic rings. The summed E-state index contributed by atoms with van der Waals surface area (Å²) in [6.07, 6.45) is 1.29. The molecule has 0 bridgehead atoms. The zero-order valence-electron chi connectivity index (χ0n) is 12.1. The smallest absolute Gasteiger partial charge is 0.224 e. The first-order valence-corrected chi connectivity index (χ1v) is 6.82. The highest BCUT2D eigenvalue weighted by Crippen LogP contribution is 2.18. The zero-order chi connectivity index (χ0) is 15.1. The Labute approximate surface area is 119 Å². The number of hydrogen-bond acceptors (Lipinski definition) is 3. The second-order valence-electron chi connectivity index (χ2n) is 5.38. The largest absolute Gasteiger partial charge is 0.370 e. The van der Waals surface area contributed by atoms with Gasteiger partial charge in [-0.25, -0.2) is 0 Å². The fourth-order valence-electron chi connectivity index (χ4n) is 1.86. The van der Waals surface area contributed by atoms with E-state index >= 15 is 0 Å². The molecule has 5 nitrogen and oxygen atoms in total. The summed E-state index contributed by atoms with van der Waals surface area (Å²) >= 11 is 0. The van der Waals surface area contributed by atoms with Crippen molar-refractivity contribution in [3.05, 3.63) is 29.8 Å². The van der Waals surface area contributed by atoms with Crippen LogP contribution >= 0.6 is 0 Å². The van der Waals surface area contributed by atoms with Gasteiger partial charge < -0.3 is 16.8 Å². The van der Waals surface area contributed by atoms with Crippen LogP contribution in [-0.4, -0.2) is 11.8 Å². The standard InChI is InChI=1S/C15H23N3O2/c1-10(2)9-15(20)18-12-5-3-11(4-6-12)13(16)7-8-14(17)19/h3-6,10,13H,7-9,16H2,1-2H3,(H2,17,19)(H,18,20). The molecular weight excluding hydrogens is 254 g/mol. The van der Waals surface area contributed by atoms with E-state index in [-0.39, 0.29) is 24.3 Å². The van der Waals surface area contributed by atoms with Crippen LogP contribution in [0.3, 0.4) is 0 Å². The first kappa shape index (κ1) is 16.2. The molecule has 1 rings (SSSR count). The number of nitrogens with one attached hydrogen (secondary N) is 1. The number of primary amides is 1. The predicted molar refractivity (Wildman–Crippen MR) is 79.9 cm³/mol. The Bertz CT molecular complexity index is 455. The third-order valence-corrected chi connectivity index (χ3v) is 2.92. The topological polar surface area (TPSA) is 98.2 Å². The molecule has 0 saturated heterocycles. The van der Waals surface area contributed by atoms with E-state index in [4.69, 9.17) is 11.5 Å². The van der Waals surface area contributed by atoms with Gasteiger partial charge in [-0.15, -0.1) is 0 Å². The number of anilines is 1.